The average Bonchev–Trinajstić information content (AvgIpc) is 1.81. The van der Waals surface area contributed by atoms with E-state index in [-0.39, 0.29) is 12.1 Å². The molecule has 0 aliphatic rings. The highest BCUT2D eigenvalue weighted by Crippen LogP contribution is 2.06. The molecule has 0 fully saturated rings. The molecular formula is C9H16INO2. The molecule has 13 heavy (non-hydrogen) atoms. The molecule has 0 saturated carbocycles. The van der Waals surface area contributed by atoms with Crippen LogP contribution in [0, 0.1) is 0 Å². The van der Waals surface area contributed by atoms with Crippen molar-refractivity contribution in [2.24, 2.45) is 0 Å². The van der Waals surface area contributed by atoms with E-state index < -0.39 is 5.60 Å². The molecule has 0 aromatic carbocycles. The third kappa shape index (κ3) is 8.08. The van der Waals surface area contributed by atoms with Crippen molar-refractivity contribution in [3.63, 3.8) is 0 Å². The van der Waals surface area contributed by atoms with Gasteiger partial charge >= 0.3 is 6.09 Å². The summed E-state index contributed by atoms with van der Waals surface area (Å²) < 4.78 is 6.93. The highest BCUT2D eigenvalue weighted by atomic mass is 127. The maximum Gasteiger partial charge on any atom is 0.408 e. The van der Waals surface area contributed by atoms with Crippen molar-refractivity contribution in [2.45, 2.75) is 39.3 Å². The summed E-state index contributed by atoms with van der Waals surface area (Å²) in [4.78, 5) is 11.2. The largest absolute Gasteiger partial charge is 0.444 e. The molecule has 0 unspecified atom stereocenters. The van der Waals surface area contributed by atoms with Gasteiger partial charge in [0.25, 0.3) is 0 Å². The van der Waals surface area contributed by atoms with Gasteiger partial charge in [0.15, 0.2) is 0 Å². The number of ether oxygens (including phenoxy) is 1. The molecule has 0 aromatic heterocycles. The number of carbonyl (C=O) groups excluding carboxylic acids is 1. The summed E-state index contributed by atoms with van der Waals surface area (Å²) in [6.45, 7) is 7.40. The van der Waals surface area contributed by atoms with Gasteiger partial charge in [-0.1, -0.05) is 28.7 Å². The summed E-state index contributed by atoms with van der Waals surface area (Å²) in [6.07, 6.45) is 1.50. The third-order valence-electron chi connectivity index (χ3n) is 1.11. The van der Waals surface area contributed by atoms with Crippen molar-refractivity contribution >= 4 is 28.7 Å². The minimum atomic E-state index is -0.433. The van der Waals surface area contributed by atoms with Crippen LogP contribution in [0.4, 0.5) is 4.79 Å². The van der Waals surface area contributed by atoms with Gasteiger partial charge in [0.1, 0.15) is 5.60 Å². The minimum Gasteiger partial charge on any atom is -0.444 e. The Balaban J connectivity index is 3.88. The molecule has 1 amide bonds. The molecule has 1 atom stereocenters. The van der Waals surface area contributed by atoms with Gasteiger partial charge in [0.05, 0.1) is 0 Å². The van der Waals surface area contributed by atoms with Crippen LogP contribution in [0.5, 0.6) is 0 Å². The fourth-order valence-corrected chi connectivity index (χ4v) is 1.27. The molecule has 0 spiro atoms. The van der Waals surface area contributed by atoms with E-state index in [1.807, 2.05) is 37.9 Å². The van der Waals surface area contributed by atoms with Crippen LogP contribution >= 0.6 is 22.6 Å². The molecule has 0 radical (unpaired) electrons. The second kappa shape index (κ2) is 5.47. The first-order chi connectivity index (χ1) is 5.85. The summed E-state index contributed by atoms with van der Waals surface area (Å²) in [7, 11) is 0. The van der Waals surface area contributed by atoms with E-state index >= 15 is 0 Å². The van der Waals surface area contributed by atoms with E-state index in [0.29, 0.717) is 0 Å². The first-order valence-corrected chi connectivity index (χ1v) is 5.36. The monoisotopic (exact) mass is 297 g/mol. The molecule has 0 heterocycles. The first kappa shape index (κ1) is 12.7. The van der Waals surface area contributed by atoms with E-state index in [1.165, 1.54) is 0 Å². The van der Waals surface area contributed by atoms with E-state index in [4.69, 9.17) is 4.74 Å². The van der Waals surface area contributed by atoms with E-state index in [2.05, 4.69) is 27.9 Å². The first-order valence-electron chi connectivity index (χ1n) is 4.11. The standard InChI is InChI=1S/C9H16INO2/c1-7(5-6-10)11-8(12)13-9(2,3)4/h5-7H,1-4H3,(H,11,12)/b6-5+/t7-/m0/s1. The van der Waals surface area contributed by atoms with Crippen LogP contribution in [-0.4, -0.2) is 17.7 Å². The summed E-state index contributed by atoms with van der Waals surface area (Å²) in [6, 6.07) is 0.00625. The highest BCUT2D eigenvalue weighted by Gasteiger charge is 2.16. The van der Waals surface area contributed by atoms with Crippen LogP contribution in [0.15, 0.2) is 10.2 Å². The van der Waals surface area contributed by atoms with Crippen LogP contribution in [-0.2, 0) is 4.74 Å². The SMILES string of the molecule is C[C@@H](/C=C/I)NC(=O)OC(C)(C)C. The molecule has 0 aliphatic heterocycles. The van der Waals surface area contributed by atoms with Crippen LogP contribution in [0.2, 0.25) is 0 Å². The Labute approximate surface area is 93.1 Å². The summed E-state index contributed by atoms with van der Waals surface area (Å²) in [5, 5.41) is 2.68. The number of nitrogens with one attached hydrogen (secondary N) is 1. The van der Waals surface area contributed by atoms with Gasteiger partial charge < -0.3 is 10.1 Å². The minimum absolute atomic E-state index is 0.00625. The molecule has 0 aliphatic carbocycles. The molecule has 4 heteroatoms. The summed E-state index contributed by atoms with van der Waals surface area (Å²) >= 11 is 2.10. The van der Waals surface area contributed by atoms with Crippen LogP contribution < -0.4 is 5.32 Å². The Morgan fingerprint density at radius 1 is 1.54 bits per heavy atom. The number of alkyl carbamates (subject to hydrolysis) is 1. The van der Waals surface area contributed by atoms with E-state index in [9.17, 15) is 4.79 Å². The van der Waals surface area contributed by atoms with Gasteiger partial charge in [0, 0.05) is 6.04 Å². The number of hydrogen-bond donors (Lipinski definition) is 1. The van der Waals surface area contributed by atoms with Gasteiger partial charge in [-0.2, -0.15) is 0 Å². The number of rotatable bonds is 2. The topological polar surface area (TPSA) is 38.3 Å². The lowest BCUT2D eigenvalue weighted by atomic mass is 10.2. The van der Waals surface area contributed by atoms with Crippen molar-refractivity contribution in [1.82, 2.24) is 5.32 Å². The van der Waals surface area contributed by atoms with E-state index in [0.717, 1.165) is 0 Å². The van der Waals surface area contributed by atoms with Crippen molar-refractivity contribution in [3.05, 3.63) is 10.2 Å². The van der Waals surface area contributed by atoms with Crippen LogP contribution in [0.3, 0.4) is 0 Å². The average molecular weight is 297 g/mol. The molecule has 1 N–H and O–H groups in total. The fourth-order valence-electron chi connectivity index (χ4n) is 0.651. The maximum absolute atomic E-state index is 11.2. The predicted octanol–water partition coefficient (Wildman–Crippen LogP) is 2.85. The Morgan fingerprint density at radius 3 is 2.46 bits per heavy atom. The molecule has 0 saturated heterocycles. The quantitative estimate of drug-likeness (QED) is 0.796. The second-order valence-electron chi connectivity index (χ2n) is 3.75. The molecule has 3 nitrogen and oxygen atoms in total. The van der Waals surface area contributed by atoms with Crippen molar-refractivity contribution in [1.29, 1.82) is 0 Å². The Hall–Kier alpha value is -0.260. The highest BCUT2D eigenvalue weighted by molar-refractivity contribution is 14.1. The lowest BCUT2D eigenvalue weighted by molar-refractivity contribution is 0.0518. The van der Waals surface area contributed by atoms with Crippen molar-refractivity contribution < 1.29 is 9.53 Å². The van der Waals surface area contributed by atoms with E-state index in [1.54, 1.807) is 0 Å². The summed E-state index contributed by atoms with van der Waals surface area (Å²) in [5.41, 5.74) is -0.433. The van der Waals surface area contributed by atoms with Gasteiger partial charge in [-0.05, 0) is 31.8 Å². The number of hydrogen-bond acceptors (Lipinski definition) is 2. The number of amides is 1. The Kier molecular flexibility index (Phi) is 5.36. The number of carbonyl (C=O) groups is 1. The zero-order valence-corrected chi connectivity index (χ0v) is 10.6. The fraction of sp³-hybridized carbons (Fsp3) is 0.667. The number of halogens is 1. The summed E-state index contributed by atoms with van der Waals surface area (Å²) in [5.74, 6) is 0. The molecule has 0 bridgehead atoms. The Bertz CT molecular complexity index is 196. The molecule has 0 aromatic rings. The molecule has 0 rings (SSSR count). The normalized spacial score (nSPS) is 14.2. The lowest BCUT2D eigenvalue weighted by Crippen LogP contribution is -2.36. The molecular weight excluding hydrogens is 281 g/mol. The zero-order valence-electron chi connectivity index (χ0n) is 8.43. The van der Waals surface area contributed by atoms with Crippen LogP contribution in [0.25, 0.3) is 0 Å². The molecule has 76 valence electrons. The zero-order chi connectivity index (χ0) is 10.5. The second-order valence-corrected chi connectivity index (χ2v) is 4.47. The lowest BCUT2D eigenvalue weighted by Gasteiger charge is -2.20. The Morgan fingerprint density at radius 2 is 2.08 bits per heavy atom. The van der Waals surface area contributed by atoms with Crippen LogP contribution in [0.1, 0.15) is 27.7 Å². The van der Waals surface area contributed by atoms with Gasteiger partial charge in [-0.3, -0.25) is 0 Å². The smallest absolute Gasteiger partial charge is 0.408 e. The van der Waals surface area contributed by atoms with Gasteiger partial charge in [-0.15, -0.1) is 0 Å². The van der Waals surface area contributed by atoms with Crippen molar-refractivity contribution in [3.8, 4) is 0 Å². The maximum atomic E-state index is 11.2. The van der Waals surface area contributed by atoms with Gasteiger partial charge in [0.2, 0.25) is 0 Å². The van der Waals surface area contributed by atoms with Crippen molar-refractivity contribution in [2.75, 3.05) is 0 Å². The van der Waals surface area contributed by atoms with Gasteiger partial charge in [-0.25, -0.2) is 4.79 Å². The third-order valence-corrected chi connectivity index (χ3v) is 1.52. The predicted molar refractivity (Wildman–Crippen MR) is 62.0 cm³/mol.